The van der Waals surface area contributed by atoms with Gasteiger partial charge in [-0.15, -0.1) is 0 Å². The number of rotatable bonds is 6. The number of halogens is 1. The van der Waals surface area contributed by atoms with Crippen LogP contribution in [0.3, 0.4) is 0 Å². The highest BCUT2D eigenvalue weighted by Gasteiger charge is 2.12. The lowest BCUT2D eigenvalue weighted by atomic mass is 9.92. The molecule has 0 aliphatic heterocycles. The van der Waals surface area contributed by atoms with Crippen molar-refractivity contribution in [3.05, 3.63) is 70.2 Å². The minimum absolute atomic E-state index is 0.178. The van der Waals surface area contributed by atoms with Gasteiger partial charge in [0, 0.05) is 11.6 Å². The maximum atomic E-state index is 9.64. The fraction of sp³-hybridized carbons (Fsp3) is 0.368. The highest BCUT2D eigenvalue weighted by Crippen LogP contribution is 2.22. The Hall–Kier alpha value is -1.31. The number of aliphatic hydroxyl groups is 1. The lowest BCUT2D eigenvalue weighted by Crippen LogP contribution is -2.13. The Morgan fingerprint density at radius 2 is 1.62 bits per heavy atom. The zero-order chi connectivity index (χ0) is 15.2. The zero-order valence-electron chi connectivity index (χ0n) is 12.7. The number of hydrogen-bond acceptors (Lipinski definition) is 1. The van der Waals surface area contributed by atoms with Crippen molar-refractivity contribution in [1.29, 1.82) is 0 Å². The summed E-state index contributed by atoms with van der Waals surface area (Å²) in [7, 11) is 0. The molecule has 0 aromatic heterocycles. The molecular weight excluding hydrogens is 280 g/mol. The van der Waals surface area contributed by atoms with E-state index >= 15 is 0 Å². The van der Waals surface area contributed by atoms with Crippen LogP contribution in [0.4, 0.5) is 0 Å². The molecule has 0 saturated heterocycles. The molecule has 0 aliphatic rings. The molecule has 1 nitrogen and oxygen atoms in total. The van der Waals surface area contributed by atoms with Gasteiger partial charge >= 0.3 is 0 Å². The largest absolute Gasteiger partial charge is 0.396 e. The van der Waals surface area contributed by atoms with Gasteiger partial charge in [-0.2, -0.15) is 0 Å². The molecule has 2 rings (SSSR count). The fourth-order valence-corrected chi connectivity index (χ4v) is 2.76. The summed E-state index contributed by atoms with van der Waals surface area (Å²) in [6.45, 7) is 4.57. The molecule has 0 fully saturated rings. The van der Waals surface area contributed by atoms with E-state index in [1.54, 1.807) is 0 Å². The van der Waals surface area contributed by atoms with Gasteiger partial charge in [0.1, 0.15) is 0 Å². The number of benzene rings is 2. The van der Waals surface area contributed by atoms with Gasteiger partial charge < -0.3 is 5.11 Å². The van der Waals surface area contributed by atoms with Crippen LogP contribution in [0.15, 0.2) is 48.5 Å². The third-order valence-corrected chi connectivity index (χ3v) is 4.26. The van der Waals surface area contributed by atoms with Gasteiger partial charge in [-0.05, 0) is 47.4 Å². The number of aliphatic hydroxyl groups excluding tert-OH is 1. The summed E-state index contributed by atoms with van der Waals surface area (Å²) in [6.07, 6.45) is 1.68. The SMILES string of the molecule is CC(C)c1ccc(CC(CO)Cc2ccccc2Cl)cc1. The van der Waals surface area contributed by atoms with Crippen molar-refractivity contribution in [3.63, 3.8) is 0 Å². The van der Waals surface area contributed by atoms with Crippen molar-refractivity contribution >= 4 is 11.6 Å². The van der Waals surface area contributed by atoms with Crippen molar-refractivity contribution in [1.82, 2.24) is 0 Å². The molecule has 0 aliphatic carbocycles. The second-order valence-corrected chi connectivity index (χ2v) is 6.35. The number of hydrogen-bond donors (Lipinski definition) is 1. The summed E-state index contributed by atoms with van der Waals surface area (Å²) in [4.78, 5) is 0. The van der Waals surface area contributed by atoms with Crippen LogP contribution in [0.1, 0.15) is 36.5 Å². The smallest absolute Gasteiger partial charge is 0.0465 e. The Kier molecular flexibility index (Phi) is 5.84. The van der Waals surface area contributed by atoms with E-state index in [1.165, 1.54) is 11.1 Å². The van der Waals surface area contributed by atoms with E-state index < -0.39 is 0 Å². The maximum Gasteiger partial charge on any atom is 0.0465 e. The first-order valence-electron chi connectivity index (χ1n) is 7.53. The molecule has 0 heterocycles. The van der Waals surface area contributed by atoms with Gasteiger partial charge in [0.25, 0.3) is 0 Å². The van der Waals surface area contributed by atoms with E-state index in [-0.39, 0.29) is 12.5 Å². The predicted octanol–water partition coefficient (Wildman–Crippen LogP) is 4.86. The van der Waals surface area contributed by atoms with Crippen molar-refractivity contribution in [2.45, 2.75) is 32.6 Å². The average Bonchev–Trinajstić information content (AvgIpc) is 2.49. The molecule has 0 spiro atoms. The van der Waals surface area contributed by atoms with Crippen LogP contribution >= 0.6 is 11.6 Å². The summed E-state index contributed by atoms with van der Waals surface area (Å²) in [5.74, 6) is 0.755. The third kappa shape index (κ3) is 4.59. The Balaban J connectivity index is 2.03. The van der Waals surface area contributed by atoms with E-state index in [2.05, 4.69) is 38.1 Å². The molecule has 0 bridgehead atoms. The van der Waals surface area contributed by atoms with Crippen LogP contribution in [0.25, 0.3) is 0 Å². The lowest BCUT2D eigenvalue weighted by molar-refractivity contribution is 0.225. The predicted molar refractivity (Wildman–Crippen MR) is 90.0 cm³/mol. The van der Waals surface area contributed by atoms with Crippen molar-refractivity contribution in [3.8, 4) is 0 Å². The molecule has 1 atom stereocenters. The van der Waals surface area contributed by atoms with Crippen LogP contribution < -0.4 is 0 Å². The van der Waals surface area contributed by atoms with Gasteiger partial charge in [0.05, 0.1) is 0 Å². The Labute approximate surface area is 132 Å². The van der Waals surface area contributed by atoms with E-state index in [0.29, 0.717) is 5.92 Å². The highest BCUT2D eigenvalue weighted by molar-refractivity contribution is 6.31. The molecule has 0 amide bonds. The fourth-order valence-electron chi connectivity index (χ4n) is 2.55. The van der Waals surface area contributed by atoms with E-state index in [1.807, 2.05) is 24.3 Å². The molecule has 1 unspecified atom stereocenters. The molecule has 2 aromatic rings. The second-order valence-electron chi connectivity index (χ2n) is 5.94. The molecule has 2 aromatic carbocycles. The summed E-state index contributed by atoms with van der Waals surface area (Å²) in [5, 5.41) is 10.4. The minimum atomic E-state index is 0.178. The summed E-state index contributed by atoms with van der Waals surface area (Å²) >= 11 is 6.20. The van der Waals surface area contributed by atoms with Crippen LogP contribution in [0.2, 0.25) is 5.02 Å². The molecule has 0 saturated carbocycles. The molecule has 0 radical (unpaired) electrons. The second kappa shape index (κ2) is 7.63. The quantitative estimate of drug-likeness (QED) is 0.808. The van der Waals surface area contributed by atoms with Crippen LogP contribution in [-0.2, 0) is 12.8 Å². The Bertz CT molecular complexity index is 560. The Morgan fingerprint density at radius 3 is 2.19 bits per heavy atom. The van der Waals surface area contributed by atoms with Crippen LogP contribution in [-0.4, -0.2) is 11.7 Å². The van der Waals surface area contributed by atoms with Gasteiger partial charge in [-0.3, -0.25) is 0 Å². The molecule has 1 N–H and O–H groups in total. The van der Waals surface area contributed by atoms with Gasteiger partial charge in [0.2, 0.25) is 0 Å². The van der Waals surface area contributed by atoms with Crippen LogP contribution in [0, 0.1) is 5.92 Å². The maximum absolute atomic E-state index is 9.64. The molecule has 2 heteroatoms. The van der Waals surface area contributed by atoms with Gasteiger partial charge in [0.15, 0.2) is 0 Å². The standard InChI is InChI=1S/C19H23ClO/c1-14(2)17-9-7-15(8-10-17)11-16(13-21)12-18-5-3-4-6-19(18)20/h3-10,14,16,21H,11-13H2,1-2H3. The third-order valence-electron chi connectivity index (χ3n) is 3.90. The molecule has 112 valence electrons. The van der Waals surface area contributed by atoms with E-state index in [0.717, 1.165) is 23.4 Å². The first kappa shape index (κ1) is 16.1. The van der Waals surface area contributed by atoms with Gasteiger partial charge in [-0.1, -0.05) is 67.9 Å². The van der Waals surface area contributed by atoms with E-state index in [9.17, 15) is 5.11 Å². The van der Waals surface area contributed by atoms with Gasteiger partial charge in [-0.25, -0.2) is 0 Å². The first-order valence-corrected chi connectivity index (χ1v) is 7.91. The molecular formula is C19H23ClO. The average molecular weight is 303 g/mol. The first-order chi connectivity index (χ1) is 10.1. The summed E-state index contributed by atoms with van der Waals surface area (Å²) < 4.78 is 0. The monoisotopic (exact) mass is 302 g/mol. The Morgan fingerprint density at radius 1 is 0.952 bits per heavy atom. The van der Waals surface area contributed by atoms with Crippen molar-refractivity contribution in [2.75, 3.05) is 6.61 Å². The lowest BCUT2D eigenvalue weighted by Gasteiger charge is -2.16. The van der Waals surface area contributed by atoms with Crippen molar-refractivity contribution < 1.29 is 5.11 Å². The normalized spacial score (nSPS) is 12.6. The topological polar surface area (TPSA) is 20.2 Å². The van der Waals surface area contributed by atoms with Crippen LogP contribution in [0.5, 0.6) is 0 Å². The highest BCUT2D eigenvalue weighted by atomic mass is 35.5. The molecule has 21 heavy (non-hydrogen) atoms. The summed E-state index contributed by atoms with van der Waals surface area (Å²) in [5.41, 5.74) is 3.73. The van der Waals surface area contributed by atoms with Crippen molar-refractivity contribution in [2.24, 2.45) is 5.92 Å². The summed E-state index contributed by atoms with van der Waals surface area (Å²) in [6, 6.07) is 16.6. The zero-order valence-corrected chi connectivity index (χ0v) is 13.5. The minimum Gasteiger partial charge on any atom is -0.396 e. The van der Waals surface area contributed by atoms with E-state index in [4.69, 9.17) is 11.6 Å².